The molecular weight excluding hydrogens is 467 g/mol. The Labute approximate surface area is 129 Å². The summed E-state index contributed by atoms with van der Waals surface area (Å²) >= 11 is -2.78. The molecule has 3 nitrogen and oxygen atoms in total. The highest BCUT2D eigenvalue weighted by Gasteiger charge is 2.81. The van der Waals surface area contributed by atoms with Crippen LogP contribution in [0.3, 0.4) is 0 Å². The van der Waals surface area contributed by atoms with Crippen LogP contribution < -0.4 is 21.2 Å². The fourth-order valence-corrected chi connectivity index (χ4v) is 3.04. The first-order valence-corrected chi connectivity index (χ1v) is 8.23. The van der Waals surface area contributed by atoms with Gasteiger partial charge in [-0.25, -0.2) is 8.42 Å². The highest BCUT2D eigenvalue weighted by molar-refractivity contribution is 7.80. The molecule has 0 unspecified atom stereocenters. The molecule has 0 aliphatic heterocycles. The first-order valence-electron chi connectivity index (χ1n) is 4.77. The molecule has 0 heterocycles. The zero-order valence-electron chi connectivity index (χ0n) is 9.92. The van der Waals surface area contributed by atoms with Gasteiger partial charge in [-0.05, 0) is 12.1 Å². The van der Waals surface area contributed by atoms with E-state index in [1.165, 1.54) is 18.2 Å². The van der Waals surface area contributed by atoms with Gasteiger partial charge < -0.3 is 4.55 Å². The van der Waals surface area contributed by atoms with E-state index < -0.39 is 47.7 Å². The smallest absolute Gasteiger partial charge is 0.520 e. The van der Waals surface area contributed by atoms with Gasteiger partial charge >= 0.3 is 37.2 Å². The number of hydrogen-bond acceptors (Lipinski definition) is 3. The van der Waals surface area contributed by atoms with Gasteiger partial charge in [-0.1, -0.05) is 18.2 Å². The van der Waals surface area contributed by atoms with Gasteiger partial charge in [-0.2, -0.15) is 22.0 Å². The predicted molar refractivity (Wildman–Crippen MR) is 51.9 cm³/mol. The minimum atomic E-state index is -6.25. The summed E-state index contributed by atoms with van der Waals surface area (Å²) in [5, 5.41) is 0. The maximum absolute atomic E-state index is 13.0. The van der Waals surface area contributed by atoms with Gasteiger partial charge in [0.2, 0.25) is 0 Å². The fourth-order valence-electron chi connectivity index (χ4n) is 0.835. The topological polar surface area (TPSA) is 57.2 Å². The van der Waals surface area contributed by atoms with E-state index >= 15 is 0 Å². The van der Waals surface area contributed by atoms with Crippen LogP contribution in [-0.2, 0) is 10.5 Å². The van der Waals surface area contributed by atoms with Crippen molar-refractivity contribution in [3.05, 3.63) is 33.9 Å². The molecule has 0 spiro atoms. The van der Waals surface area contributed by atoms with E-state index in [9.17, 15) is 34.6 Å². The summed E-state index contributed by atoms with van der Waals surface area (Å²) < 4.78 is 117. The SMILES string of the molecule is FC(F)(F)C(F)(F)C(F)(F)[I+]c1ccccc1.O=S(=O)([O-])F. The minimum Gasteiger partial charge on any atom is -0.722 e. The number of benzene rings is 1. The third kappa shape index (κ3) is 7.04. The second-order valence-electron chi connectivity index (χ2n) is 3.35. The molecule has 0 aliphatic rings. The second kappa shape index (κ2) is 7.25. The Kier molecular flexibility index (Phi) is 7.02. The van der Waals surface area contributed by atoms with Gasteiger partial charge in [-0.15, -0.1) is 12.7 Å². The first kappa shape index (κ1) is 21.3. The van der Waals surface area contributed by atoms with Crippen LogP contribution in [0.5, 0.6) is 0 Å². The normalized spacial score (nSPS) is 13.3. The Bertz CT molecular complexity index is 564. The van der Waals surface area contributed by atoms with Crippen molar-refractivity contribution >= 4 is 10.5 Å². The van der Waals surface area contributed by atoms with Crippen molar-refractivity contribution in [3.8, 4) is 0 Å². The molecule has 1 rings (SSSR count). The maximum Gasteiger partial charge on any atom is 0.520 e. The summed E-state index contributed by atoms with van der Waals surface area (Å²) in [7, 11) is -5.42. The largest absolute Gasteiger partial charge is 0.722 e. The van der Waals surface area contributed by atoms with Crippen molar-refractivity contribution in [2.75, 3.05) is 0 Å². The van der Waals surface area contributed by atoms with E-state index in [0.717, 1.165) is 12.1 Å². The lowest BCUT2D eigenvalue weighted by Gasteiger charge is -2.19. The number of alkyl halides is 8. The molecular formula is C9H5F8IO3S. The maximum atomic E-state index is 13.0. The van der Waals surface area contributed by atoms with Crippen molar-refractivity contribution < 1.29 is 68.8 Å². The molecule has 0 bridgehead atoms. The molecule has 0 fully saturated rings. The Balaban J connectivity index is 0.000000763. The summed E-state index contributed by atoms with van der Waals surface area (Å²) in [4.78, 5) is 0. The average Bonchev–Trinajstić information content (AvgIpc) is 2.25. The molecule has 0 aromatic heterocycles. The van der Waals surface area contributed by atoms with Crippen LogP contribution in [0.2, 0.25) is 0 Å². The van der Waals surface area contributed by atoms with Gasteiger partial charge in [-0.3, -0.25) is 0 Å². The molecule has 1 aromatic rings. The van der Waals surface area contributed by atoms with Crippen molar-refractivity contribution in [1.82, 2.24) is 0 Å². The minimum absolute atomic E-state index is 0.180. The highest BCUT2D eigenvalue weighted by Crippen LogP contribution is 2.42. The Morgan fingerprint density at radius 1 is 0.909 bits per heavy atom. The number of rotatable bonds is 3. The van der Waals surface area contributed by atoms with E-state index in [1.54, 1.807) is 0 Å². The third-order valence-electron chi connectivity index (χ3n) is 1.67. The van der Waals surface area contributed by atoms with Gasteiger partial charge in [0.05, 0.1) is 0 Å². The van der Waals surface area contributed by atoms with Crippen LogP contribution in [-0.4, -0.2) is 29.0 Å². The van der Waals surface area contributed by atoms with Crippen molar-refractivity contribution in [2.24, 2.45) is 0 Å². The zero-order chi connectivity index (χ0) is 17.8. The summed E-state index contributed by atoms with van der Waals surface area (Å²) in [5.74, 6) is -6.00. The first-order chi connectivity index (χ1) is 9.58. The van der Waals surface area contributed by atoms with Crippen molar-refractivity contribution in [2.45, 2.75) is 16.0 Å². The molecule has 0 atom stereocenters. The molecule has 22 heavy (non-hydrogen) atoms. The van der Waals surface area contributed by atoms with E-state index in [4.69, 9.17) is 13.0 Å². The molecule has 13 heteroatoms. The van der Waals surface area contributed by atoms with Crippen molar-refractivity contribution in [3.63, 3.8) is 0 Å². The highest BCUT2D eigenvalue weighted by atomic mass is 127. The summed E-state index contributed by atoms with van der Waals surface area (Å²) in [5.41, 5.74) is 0. The van der Waals surface area contributed by atoms with Gasteiger partial charge in [0.25, 0.3) is 10.5 Å². The Hall–Kier alpha value is -0.700. The molecule has 0 saturated carbocycles. The molecule has 0 N–H and O–H groups in total. The lowest BCUT2D eigenvalue weighted by molar-refractivity contribution is -0.790. The monoisotopic (exact) mass is 472 g/mol. The fraction of sp³-hybridized carbons (Fsp3) is 0.333. The second-order valence-corrected chi connectivity index (χ2v) is 7.28. The molecule has 0 amide bonds. The van der Waals surface area contributed by atoms with Gasteiger partial charge in [0.15, 0.2) is 3.57 Å². The Morgan fingerprint density at radius 3 is 1.59 bits per heavy atom. The summed E-state index contributed by atoms with van der Waals surface area (Å²) in [6.45, 7) is 0. The zero-order valence-corrected chi connectivity index (χ0v) is 12.9. The molecule has 128 valence electrons. The number of halogens is 9. The average molecular weight is 472 g/mol. The van der Waals surface area contributed by atoms with E-state index in [2.05, 4.69) is 0 Å². The van der Waals surface area contributed by atoms with Gasteiger partial charge in [0.1, 0.15) is 0 Å². The quantitative estimate of drug-likeness (QED) is 0.207. The summed E-state index contributed by atoms with van der Waals surface area (Å²) in [6, 6.07) is 6.27. The lowest BCUT2D eigenvalue weighted by atomic mass is 10.3. The number of hydrogen-bond donors (Lipinski definition) is 0. The molecule has 1 aromatic carbocycles. The van der Waals surface area contributed by atoms with Gasteiger partial charge in [0, 0.05) is 0 Å². The van der Waals surface area contributed by atoms with E-state index in [-0.39, 0.29) is 3.57 Å². The van der Waals surface area contributed by atoms with Crippen LogP contribution in [0.15, 0.2) is 30.3 Å². The lowest BCUT2D eigenvalue weighted by Crippen LogP contribution is -3.68. The standard InChI is InChI=1S/C9H5F7I.FHO3S/c10-7(11,8(12,13)14)9(15,16)17-6-4-2-1-3-5-6;1-5(2,3)4/h1-5H;(H,2,3,4)/q+1;/p-1. The van der Waals surface area contributed by atoms with E-state index in [1.807, 2.05) is 0 Å². The van der Waals surface area contributed by atoms with E-state index in [0.29, 0.717) is 0 Å². The van der Waals surface area contributed by atoms with Crippen LogP contribution in [0.1, 0.15) is 0 Å². The Morgan fingerprint density at radius 2 is 1.27 bits per heavy atom. The molecule has 0 aliphatic carbocycles. The molecule has 0 radical (unpaired) electrons. The predicted octanol–water partition coefficient (Wildman–Crippen LogP) is 0.152. The third-order valence-corrected chi connectivity index (χ3v) is 4.37. The summed E-state index contributed by atoms with van der Waals surface area (Å²) in [6.07, 6.45) is -6.25. The molecule has 0 saturated heterocycles. The van der Waals surface area contributed by atoms with Crippen LogP contribution in [0.4, 0.5) is 34.6 Å². The van der Waals surface area contributed by atoms with Crippen LogP contribution in [0.25, 0.3) is 0 Å². The van der Waals surface area contributed by atoms with Crippen molar-refractivity contribution in [1.29, 1.82) is 0 Å². The van der Waals surface area contributed by atoms with Crippen LogP contribution >= 0.6 is 0 Å². The van der Waals surface area contributed by atoms with Crippen LogP contribution in [0, 0.1) is 3.57 Å².